The van der Waals surface area contributed by atoms with Crippen molar-refractivity contribution in [2.45, 2.75) is 18.4 Å². The molecule has 0 bridgehead atoms. The predicted octanol–water partition coefficient (Wildman–Crippen LogP) is 0.146. The standard InChI is InChI=1S/C10H13N3O/c11-9(14)10(4-2-6-13-10)8-3-1-5-12-7-8/h1,3,5,7,13H,2,4,6H2,(H2,11,14)/t10-/m0/s1. The van der Waals surface area contributed by atoms with E-state index in [9.17, 15) is 4.79 Å². The van der Waals surface area contributed by atoms with Crippen LogP contribution in [0.2, 0.25) is 0 Å². The normalized spacial score (nSPS) is 26.3. The molecule has 0 saturated carbocycles. The SMILES string of the molecule is NC(=O)[C@@]1(c2cccnc2)CCCN1. The third kappa shape index (κ3) is 1.28. The summed E-state index contributed by atoms with van der Waals surface area (Å²) in [4.78, 5) is 15.5. The van der Waals surface area contributed by atoms with Crippen LogP contribution in [-0.2, 0) is 10.3 Å². The zero-order valence-corrected chi connectivity index (χ0v) is 7.86. The molecule has 0 aliphatic carbocycles. The fraction of sp³-hybridized carbons (Fsp3) is 0.400. The summed E-state index contributed by atoms with van der Waals surface area (Å²) < 4.78 is 0. The molecule has 1 atom stereocenters. The van der Waals surface area contributed by atoms with Gasteiger partial charge in [0.05, 0.1) is 0 Å². The van der Waals surface area contributed by atoms with E-state index in [1.807, 2.05) is 12.1 Å². The van der Waals surface area contributed by atoms with Crippen LogP contribution < -0.4 is 11.1 Å². The van der Waals surface area contributed by atoms with Gasteiger partial charge in [-0.3, -0.25) is 15.1 Å². The van der Waals surface area contributed by atoms with Crippen LogP contribution in [0.25, 0.3) is 0 Å². The van der Waals surface area contributed by atoms with Crippen LogP contribution in [0.5, 0.6) is 0 Å². The van der Waals surface area contributed by atoms with E-state index in [1.54, 1.807) is 12.4 Å². The predicted molar refractivity (Wildman–Crippen MR) is 52.3 cm³/mol. The second-order valence-corrected chi connectivity index (χ2v) is 3.54. The van der Waals surface area contributed by atoms with Crippen LogP contribution in [0.1, 0.15) is 18.4 Å². The van der Waals surface area contributed by atoms with E-state index in [-0.39, 0.29) is 5.91 Å². The first-order valence-corrected chi connectivity index (χ1v) is 4.71. The number of carbonyl (C=O) groups is 1. The molecule has 14 heavy (non-hydrogen) atoms. The van der Waals surface area contributed by atoms with E-state index in [1.165, 1.54) is 0 Å². The highest BCUT2D eigenvalue weighted by Gasteiger charge is 2.41. The van der Waals surface area contributed by atoms with Crippen molar-refractivity contribution in [2.75, 3.05) is 6.54 Å². The van der Waals surface area contributed by atoms with E-state index < -0.39 is 5.54 Å². The molecule has 4 heteroatoms. The Balaban J connectivity index is 2.42. The van der Waals surface area contributed by atoms with Gasteiger partial charge in [0, 0.05) is 12.4 Å². The lowest BCUT2D eigenvalue weighted by atomic mass is 9.89. The zero-order chi connectivity index (χ0) is 10.0. The lowest BCUT2D eigenvalue weighted by Crippen LogP contribution is -2.48. The number of nitrogens with two attached hydrogens (primary N) is 1. The number of aromatic nitrogens is 1. The summed E-state index contributed by atoms with van der Waals surface area (Å²) in [5, 5.41) is 3.17. The number of carbonyl (C=O) groups excluding carboxylic acids is 1. The Morgan fingerprint density at radius 1 is 1.64 bits per heavy atom. The molecule has 2 heterocycles. The zero-order valence-electron chi connectivity index (χ0n) is 7.86. The van der Waals surface area contributed by atoms with Gasteiger partial charge in [-0.15, -0.1) is 0 Å². The van der Waals surface area contributed by atoms with E-state index in [0.717, 1.165) is 24.9 Å². The van der Waals surface area contributed by atoms with Crippen molar-refractivity contribution >= 4 is 5.91 Å². The first-order chi connectivity index (χ1) is 6.76. The first kappa shape index (κ1) is 9.15. The topological polar surface area (TPSA) is 68.0 Å². The van der Waals surface area contributed by atoms with Crippen molar-refractivity contribution in [3.8, 4) is 0 Å². The van der Waals surface area contributed by atoms with Gasteiger partial charge in [-0.2, -0.15) is 0 Å². The van der Waals surface area contributed by atoms with E-state index in [4.69, 9.17) is 5.73 Å². The average molecular weight is 191 g/mol. The molecule has 4 nitrogen and oxygen atoms in total. The molecule has 74 valence electrons. The molecular weight excluding hydrogens is 178 g/mol. The molecule has 1 fully saturated rings. The second-order valence-electron chi connectivity index (χ2n) is 3.54. The summed E-state index contributed by atoms with van der Waals surface area (Å²) in [5.74, 6) is -0.317. The highest BCUT2D eigenvalue weighted by Crippen LogP contribution is 2.29. The van der Waals surface area contributed by atoms with Crippen LogP contribution >= 0.6 is 0 Å². The summed E-state index contributed by atoms with van der Waals surface area (Å²) in [5.41, 5.74) is 5.62. The number of pyridine rings is 1. The number of nitrogens with one attached hydrogen (secondary N) is 1. The lowest BCUT2D eigenvalue weighted by molar-refractivity contribution is -0.124. The minimum Gasteiger partial charge on any atom is -0.368 e. The second kappa shape index (κ2) is 3.38. The van der Waals surface area contributed by atoms with Crippen molar-refractivity contribution in [3.05, 3.63) is 30.1 Å². The number of primary amides is 1. The van der Waals surface area contributed by atoms with Crippen LogP contribution in [0.15, 0.2) is 24.5 Å². The molecule has 1 aromatic rings. The van der Waals surface area contributed by atoms with Gasteiger partial charge in [-0.1, -0.05) is 6.07 Å². The molecule has 3 N–H and O–H groups in total. The summed E-state index contributed by atoms with van der Waals surface area (Å²) >= 11 is 0. The minimum absolute atomic E-state index is 0.317. The molecule has 1 aliphatic heterocycles. The van der Waals surface area contributed by atoms with E-state index in [2.05, 4.69) is 10.3 Å². The Bertz CT molecular complexity index is 330. The molecule has 1 aliphatic rings. The van der Waals surface area contributed by atoms with Gasteiger partial charge in [0.15, 0.2) is 0 Å². The van der Waals surface area contributed by atoms with E-state index >= 15 is 0 Å². The van der Waals surface area contributed by atoms with Crippen molar-refractivity contribution in [3.63, 3.8) is 0 Å². The monoisotopic (exact) mass is 191 g/mol. The Morgan fingerprint density at radius 3 is 3.00 bits per heavy atom. The maximum absolute atomic E-state index is 11.5. The smallest absolute Gasteiger partial charge is 0.242 e. The molecular formula is C10H13N3O. The Morgan fingerprint density at radius 2 is 2.50 bits per heavy atom. The molecule has 1 amide bonds. The van der Waals surface area contributed by atoms with Gasteiger partial charge in [0.1, 0.15) is 5.54 Å². The van der Waals surface area contributed by atoms with Crippen LogP contribution in [-0.4, -0.2) is 17.4 Å². The van der Waals surface area contributed by atoms with Gasteiger partial charge >= 0.3 is 0 Å². The van der Waals surface area contributed by atoms with Crippen molar-refractivity contribution < 1.29 is 4.79 Å². The Kier molecular flexibility index (Phi) is 2.21. The lowest BCUT2D eigenvalue weighted by Gasteiger charge is -2.25. The third-order valence-corrected chi connectivity index (χ3v) is 2.73. The highest BCUT2D eigenvalue weighted by atomic mass is 16.1. The summed E-state index contributed by atoms with van der Waals surface area (Å²) in [6, 6.07) is 3.70. The number of amides is 1. The van der Waals surface area contributed by atoms with Crippen molar-refractivity contribution in [2.24, 2.45) is 5.73 Å². The number of hydrogen-bond acceptors (Lipinski definition) is 3. The molecule has 0 spiro atoms. The van der Waals surface area contributed by atoms with Gasteiger partial charge in [-0.25, -0.2) is 0 Å². The van der Waals surface area contributed by atoms with Crippen LogP contribution in [0.3, 0.4) is 0 Å². The number of hydrogen-bond donors (Lipinski definition) is 2. The Hall–Kier alpha value is -1.42. The first-order valence-electron chi connectivity index (χ1n) is 4.71. The highest BCUT2D eigenvalue weighted by molar-refractivity contribution is 5.86. The molecule has 0 aromatic carbocycles. The minimum atomic E-state index is -0.686. The number of nitrogens with zero attached hydrogens (tertiary/aromatic N) is 1. The fourth-order valence-electron chi connectivity index (χ4n) is 1.96. The van der Waals surface area contributed by atoms with Crippen molar-refractivity contribution in [1.82, 2.24) is 10.3 Å². The van der Waals surface area contributed by atoms with Gasteiger partial charge in [0.2, 0.25) is 5.91 Å². The molecule has 0 unspecified atom stereocenters. The van der Waals surface area contributed by atoms with Gasteiger partial charge in [-0.05, 0) is 31.0 Å². The average Bonchev–Trinajstić information content (AvgIpc) is 2.69. The fourth-order valence-corrected chi connectivity index (χ4v) is 1.96. The molecule has 1 aromatic heterocycles. The van der Waals surface area contributed by atoms with Crippen LogP contribution in [0.4, 0.5) is 0 Å². The van der Waals surface area contributed by atoms with E-state index in [0.29, 0.717) is 0 Å². The Labute approximate surface area is 82.5 Å². The van der Waals surface area contributed by atoms with Crippen LogP contribution in [0, 0.1) is 0 Å². The summed E-state index contributed by atoms with van der Waals surface area (Å²) in [7, 11) is 0. The third-order valence-electron chi connectivity index (χ3n) is 2.73. The summed E-state index contributed by atoms with van der Waals surface area (Å²) in [6.07, 6.45) is 5.11. The molecule has 1 saturated heterocycles. The van der Waals surface area contributed by atoms with Gasteiger partial charge < -0.3 is 5.73 Å². The van der Waals surface area contributed by atoms with Crippen molar-refractivity contribution in [1.29, 1.82) is 0 Å². The largest absolute Gasteiger partial charge is 0.368 e. The summed E-state index contributed by atoms with van der Waals surface area (Å²) in [6.45, 7) is 0.831. The maximum atomic E-state index is 11.5. The van der Waals surface area contributed by atoms with Gasteiger partial charge in [0.25, 0.3) is 0 Å². The maximum Gasteiger partial charge on any atom is 0.242 e. The molecule has 0 radical (unpaired) electrons. The number of rotatable bonds is 2. The quantitative estimate of drug-likeness (QED) is 0.699. The molecule has 2 rings (SSSR count).